The molecule has 2 aromatic rings. The molecule has 0 aliphatic carbocycles. The lowest BCUT2D eigenvalue weighted by atomic mass is 10.2. The van der Waals surface area contributed by atoms with Crippen LogP contribution in [0.15, 0.2) is 59.5 Å². The number of phenols is 1. The smallest absolute Gasteiger partial charge is 0.298 e. The summed E-state index contributed by atoms with van der Waals surface area (Å²) in [5.74, 6) is -0.259. The van der Waals surface area contributed by atoms with Crippen LogP contribution < -0.4 is 4.90 Å². The summed E-state index contributed by atoms with van der Waals surface area (Å²) in [5.41, 5.74) is 1.32. The summed E-state index contributed by atoms with van der Waals surface area (Å²) in [6.45, 7) is 0. The molecule has 1 N–H and O–H groups in total. The number of phenolic OH excluding ortho intramolecular Hbond substituents is 1. The predicted octanol–water partition coefficient (Wildman–Crippen LogP) is 3.63. The fraction of sp³-hybridized carbons (Fsp3) is 0. The van der Waals surface area contributed by atoms with Gasteiger partial charge in [-0.25, -0.2) is 4.90 Å². The fourth-order valence-corrected chi connectivity index (χ4v) is 2.83. The number of benzene rings is 2. The zero-order valence-corrected chi connectivity index (χ0v) is 11.7. The van der Waals surface area contributed by atoms with Gasteiger partial charge in [-0.2, -0.15) is 0 Å². The Hall–Kier alpha value is -2.53. The van der Waals surface area contributed by atoms with Gasteiger partial charge in [-0.15, -0.1) is 0 Å². The molecular weight excluding hydrogens is 286 g/mol. The van der Waals surface area contributed by atoms with Crippen molar-refractivity contribution in [3.8, 4) is 5.75 Å². The molecule has 1 saturated heterocycles. The monoisotopic (exact) mass is 297 g/mol. The maximum Gasteiger partial charge on any atom is 0.298 e. The number of carbonyl (C=O) groups excluding carboxylic acids is 2. The van der Waals surface area contributed by atoms with Crippen LogP contribution in [0.3, 0.4) is 0 Å². The van der Waals surface area contributed by atoms with E-state index in [2.05, 4.69) is 0 Å². The van der Waals surface area contributed by atoms with Crippen molar-refractivity contribution < 1.29 is 14.7 Å². The first-order chi connectivity index (χ1) is 10.1. The molecule has 3 rings (SSSR count). The lowest BCUT2D eigenvalue weighted by Crippen LogP contribution is -2.27. The van der Waals surface area contributed by atoms with Gasteiger partial charge in [-0.3, -0.25) is 9.59 Å². The van der Waals surface area contributed by atoms with Gasteiger partial charge < -0.3 is 5.11 Å². The highest BCUT2D eigenvalue weighted by atomic mass is 32.2. The first-order valence-electron chi connectivity index (χ1n) is 6.27. The van der Waals surface area contributed by atoms with E-state index >= 15 is 0 Å². The standard InChI is InChI=1S/C16H11NO3S/c18-13-8-6-12(7-9-13)17-15(19)14(21-16(17)20)10-11-4-2-1-3-5-11/h1-10,18H. The lowest BCUT2D eigenvalue weighted by molar-refractivity contribution is -0.113. The number of hydrogen-bond donors (Lipinski definition) is 1. The third-order valence-electron chi connectivity index (χ3n) is 3.00. The van der Waals surface area contributed by atoms with Gasteiger partial charge in [0.05, 0.1) is 10.6 Å². The molecule has 0 bridgehead atoms. The minimum Gasteiger partial charge on any atom is -0.508 e. The van der Waals surface area contributed by atoms with Gasteiger partial charge in [-0.1, -0.05) is 30.3 Å². The largest absolute Gasteiger partial charge is 0.508 e. The quantitative estimate of drug-likeness (QED) is 0.860. The Bertz CT molecular complexity index is 723. The molecule has 0 saturated carbocycles. The zero-order valence-electron chi connectivity index (χ0n) is 10.9. The summed E-state index contributed by atoms with van der Waals surface area (Å²) < 4.78 is 0. The summed E-state index contributed by atoms with van der Waals surface area (Å²) in [7, 11) is 0. The van der Waals surface area contributed by atoms with Crippen molar-refractivity contribution in [1.29, 1.82) is 0 Å². The highest BCUT2D eigenvalue weighted by Crippen LogP contribution is 2.36. The summed E-state index contributed by atoms with van der Waals surface area (Å²) in [4.78, 5) is 25.9. The fourth-order valence-electron chi connectivity index (χ4n) is 1.99. The molecule has 1 aliphatic heterocycles. The Balaban J connectivity index is 1.92. The zero-order chi connectivity index (χ0) is 14.8. The first-order valence-corrected chi connectivity index (χ1v) is 7.09. The lowest BCUT2D eigenvalue weighted by Gasteiger charge is -2.12. The summed E-state index contributed by atoms with van der Waals surface area (Å²) in [6, 6.07) is 15.3. The van der Waals surface area contributed by atoms with Crippen molar-refractivity contribution in [3.05, 3.63) is 65.1 Å². The van der Waals surface area contributed by atoms with E-state index in [1.54, 1.807) is 6.08 Å². The van der Waals surface area contributed by atoms with Gasteiger partial charge >= 0.3 is 0 Å². The second-order valence-electron chi connectivity index (χ2n) is 4.44. The molecular formula is C16H11NO3S. The molecule has 1 heterocycles. The molecule has 2 amide bonds. The molecule has 5 heteroatoms. The number of hydrogen-bond acceptors (Lipinski definition) is 4. The molecule has 0 unspecified atom stereocenters. The molecule has 0 atom stereocenters. The Labute approximate surface area is 125 Å². The van der Waals surface area contributed by atoms with Gasteiger partial charge in [0.2, 0.25) is 0 Å². The van der Waals surface area contributed by atoms with Crippen LogP contribution in [0.1, 0.15) is 5.56 Å². The molecule has 4 nitrogen and oxygen atoms in total. The molecule has 0 aromatic heterocycles. The van der Waals surface area contributed by atoms with Gasteiger partial charge in [0.15, 0.2) is 0 Å². The van der Waals surface area contributed by atoms with E-state index in [4.69, 9.17) is 0 Å². The number of nitrogens with zero attached hydrogens (tertiary/aromatic N) is 1. The maximum absolute atomic E-state index is 12.4. The first kappa shape index (κ1) is 13.5. The van der Waals surface area contributed by atoms with Crippen LogP contribution in [-0.4, -0.2) is 16.3 Å². The van der Waals surface area contributed by atoms with Crippen molar-refractivity contribution in [2.45, 2.75) is 0 Å². The molecule has 0 spiro atoms. The Morgan fingerprint density at radius 2 is 1.62 bits per heavy atom. The number of anilines is 1. The summed E-state index contributed by atoms with van der Waals surface area (Å²) in [6.07, 6.45) is 1.70. The number of rotatable bonds is 2. The average molecular weight is 297 g/mol. The average Bonchev–Trinajstić information content (AvgIpc) is 2.76. The predicted molar refractivity (Wildman–Crippen MR) is 83.0 cm³/mol. The minimum atomic E-state index is -0.348. The number of amides is 2. The molecule has 21 heavy (non-hydrogen) atoms. The van der Waals surface area contributed by atoms with E-state index in [1.807, 2.05) is 30.3 Å². The highest BCUT2D eigenvalue weighted by Gasteiger charge is 2.36. The van der Waals surface area contributed by atoms with Crippen LogP contribution in [0, 0.1) is 0 Å². The summed E-state index contributed by atoms with van der Waals surface area (Å²) in [5, 5.41) is 8.93. The van der Waals surface area contributed by atoms with Gasteiger partial charge in [0.25, 0.3) is 11.1 Å². The van der Waals surface area contributed by atoms with Crippen molar-refractivity contribution in [2.75, 3.05) is 4.90 Å². The van der Waals surface area contributed by atoms with Gasteiger partial charge in [-0.05, 0) is 47.7 Å². The van der Waals surface area contributed by atoms with Crippen LogP contribution >= 0.6 is 11.8 Å². The highest BCUT2D eigenvalue weighted by molar-refractivity contribution is 8.19. The van der Waals surface area contributed by atoms with E-state index in [0.29, 0.717) is 10.6 Å². The molecule has 2 aromatic carbocycles. The van der Waals surface area contributed by atoms with Crippen LogP contribution in [0.5, 0.6) is 5.75 Å². The second kappa shape index (κ2) is 5.46. The van der Waals surface area contributed by atoms with E-state index in [1.165, 1.54) is 24.3 Å². The Morgan fingerprint density at radius 1 is 0.952 bits per heavy atom. The Morgan fingerprint density at radius 3 is 2.29 bits per heavy atom. The van der Waals surface area contributed by atoms with Gasteiger partial charge in [0, 0.05) is 0 Å². The molecule has 0 radical (unpaired) electrons. The van der Waals surface area contributed by atoms with Crippen molar-refractivity contribution in [1.82, 2.24) is 0 Å². The molecule has 1 fully saturated rings. The summed E-state index contributed by atoms with van der Waals surface area (Å²) >= 11 is 0.912. The van der Waals surface area contributed by atoms with Crippen molar-refractivity contribution in [3.63, 3.8) is 0 Å². The van der Waals surface area contributed by atoms with Crippen LogP contribution in [0.2, 0.25) is 0 Å². The number of carbonyl (C=O) groups is 2. The van der Waals surface area contributed by atoms with Crippen LogP contribution in [0.25, 0.3) is 6.08 Å². The van der Waals surface area contributed by atoms with E-state index in [9.17, 15) is 14.7 Å². The van der Waals surface area contributed by atoms with E-state index in [-0.39, 0.29) is 16.9 Å². The van der Waals surface area contributed by atoms with Gasteiger partial charge in [0.1, 0.15) is 5.75 Å². The minimum absolute atomic E-state index is 0.0885. The third kappa shape index (κ3) is 2.68. The molecule has 1 aliphatic rings. The SMILES string of the molecule is O=C1SC(=Cc2ccccc2)C(=O)N1c1ccc(O)cc1. The number of thioether (sulfide) groups is 1. The number of aromatic hydroxyl groups is 1. The van der Waals surface area contributed by atoms with Crippen molar-refractivity contribution in [2.24, 2.45) is 0 Å². The Kier molecular flexibility index (Phi) is 3.50. The van der Waals surface area contributed by atoms with E-state index in [0.717, 1.165) is 22.2 Å². The van der Waals surface area contributed by atoms with Crippen LogP contribution in [0.4, 0.5) is 10.5 Å². The van der Waals surface area contributed by atoms with E-state index < -0.39 is 0 Å². The molecule has 104 valence electrons. The van der Waals surface area contributed by atoms with Crippen molar-refractivity contribution >= 4 is 34.7 Å². The maximum atomic E-state index is 12.4. The van der Waals surface area contributed by atoms with Crippen LogP contribution in [-0.2, 0) is 4.79 Å². The topological polar surface area (TPSA) is 57.6 Å². The normalized spacial score (nSPS) is 16.8. The third-order valence-corrected chi connectivity index (χ3v) is 3.87. The second-order valence-corrected chi connectivity index (χ2v) is 5.44. The number of imide groups is 1.